The molecule has 0 fully saturated rings. The van der Waals surface area contributed by atoms with E-state index in [1.54, 1.807) is 29.2 Å². The molecule has 0 saturated carbocycles. The van der Waals surface area contributed by atoms with Gasteiger partial charge in [0, 0.05) is 10.2 Å². The van der Waals surface area contributed by atoms with Crippen molar-refractivity contribution in [3.63, 3.8) is 0 Å². The molecule has 0 N–H and O–H groups in total. The van der Waals surface area contributed by atoms with Gasteiger partial charge in [0.25, 0.3) is 5.91 Å². The summed E-state index contributed by atoms with van der Waals surface area (Å²) >= 11 is 3.45. The van der Waals surface area contributed by atoms with Crippen molar-refractivity contribution in [3.05, 3.63) is 98.3 Å². The Morgan fingerprint density at radius 2 is 1.62 bits per heavy atom. The SMILES string of the molecule is CCOc1ccc(C2c3c(oc4ccccc4c3=O)C(=O)N2c2ccc(Br)cc2)cc1OCC. The Morgan fingerprint density at radius 1 is 0.912 bits per heavy atom. The number of hydrogen-bond acceptors (Lipinski definition) is 5. The second-order valence-electron chi connectivity index (χ2n) is 7.80. The van der Waals surface area contributed by atoms with Crippen LogP contribution in [0.5, 0.6) is 11.5 Å². The van der Waals surface area contributed by atoms with Crippen LogP contribution in [-0.2, 0) is 0 Å². The first-order valence-corrected chi connectivity index (χ1v) is 11.9. The number of hydrogen-bond donors (Lipinski definition) is 0. The van der Waals surface area contributed by atoms with E-state index in [0.717, 1.165) is 10.0 Å². The van der Waals surface area contributed by atoms with Crippen LogP contribution in [0.15, 0.2) is 80.4 Å². The van der Waals surface area contributed by atoms with Crippen LogP contribution in [0.2, 0.25) is 0 Å². The predicted molar refractivity (Wildman–Crippen MR) is 134 cm³/mol. The highest BCUT2D eigenvalue weighted by atomic mass is 79.9. The molecular formula is C27H22BrNO5. The van der Waals surface area contributed by atoms with Crippen LogP contribution < -0.4 is 19.8 Å². The van der Waals surface area contributed by atoms with Gasteiger partial charge in [-0.15, -0.1) is 0 Å². The lowest BCUT2D eigenvalue weighted by Crippen LogP contribution is -2.29. The van der Waals surface area contributed by atoms with Crippen molar-refractivity contribution in [2.24, 2.45) is 0 Å². The summed E-state index contributed by atoms with van der Waals surface area (Å²) < 4.78 is 18.4. The molecule has 1 aromatic heterocycles. The van der Waals surface area contributed by atoms with Gasteiger partial charge in [-0.25, -0.2) is 0 Å². The molecule has 0 spiro atoms. The van der Waals surface area contributed by atoms with Gasteiger partial charge in [-0.3, -0.25) is 14.5 Å². The number of ether oxygens (including phenoxy) is 2. The highest BCUT2D eigenvalue weighted by Crippen LogP contribution is 2.43. The molecule has 0 aliphatic carbocycles. The average Bonchev–Trinajstić information content (AvgIpc) is 3.14. The molecule has 5 rings (SSSR count). The Morgan fingerprint density at radius 3 is 2.35 bits per heavy atom. The zero-order chi connectivity index (χ0) is 23.8. The Balaban J connectivity index is 1.76. The molecule has 7 heteroatoms. The van der Waals surface area contributed by atoms with Crippen molar-refractivity contribution < 1.29 is 18.7 Å². The molecule has 2 heterocycles. The van der Waals surface area contributed by atoms with E-state index in [-0.39, 0.29) is 17.1 Å². The molecule has 172 valence electrons. The maximum absolute atomic E-state index is 13.7. The second-order valence-corrected chi connectivity index (χ2v) is 8.71. The fourth-order valence-electron chi connectivity index (χ4n) is 4.34. The van der Waals surface area contributed by atoms with Crippen molar-refractivity contribution >= 4 is 38.5 Å². The van der Waals surface area contributed by atoms with Gasteiger partial charge >= 0.3 is 0 Å². The number of fused-ring (bicyclic) bond motifs is 2. The van der Waals surface area contributed by atoms with Crippen LogP contribution in [0.25, 0.3) is 11.0 Å². The van der Waals surface area contributed by atoms with E-state index in [9.17, 15) is 9.59 Å². The first-order valence-electron chi connectivity index (χ1n) is 11.1. The molecule has 1 atom stereocenters. The summed E-state index contributed by atoms with van der Waals surface area (Å²) in [5.74, 6) is 0.863. The Hall–Kier alpha value is -3.58. The smallest absolute Gasteiger partial charge is 0.295 e. The van der Waals surface area contributed by atoms with Crippen molar-refractivity contribution in [1.82, 2.24) is 0 Å². The first-order chi connectivity index (χ1) is 16.5. The number of anilines is 1. The maximum Gasteiger partial charge on any atom is 0.295 e. The van der Waals surface area contributed by atoms with Crippen LogP contribution >= 0.6 is 15.9 Å². The topological polar surface area (TPSA) is 69.0 Å². The lowest BCUT2D eigenvalue weighted by molar-refractivity contribution is 0.0971. The maximum atomic E-state index is 13.7. The van der Waals surface area contributed by atoms with Crippen LogP contribution in [-0.4, -0.2) is 19.1 Å². The normalized spacial score (nSPS) is 15.0. The van der Waals surface area contributed by atoms with Gasteiger partial charge in [0.1, 0.15) is 5.58 Å². The zero-order valence-electron chi connectivity index (χ0n) is 18.7. The minimum Gasteiger partial charge on any atom is -0.490 e. The van der Waals surface area contributed by atoms with E-state index in [4.69, 9.17) is 13.9 Å². The largest absolute Gasteiger partial charge is 0.490 e. The minimum atomic E-state index is -0.681. The Labute approximate surface area is 204 Å². The van der Waals surface area contributed by atoms with Gasteiger partial charge in [0.05, 0.1) is 30.2 Å². The summed E-state index contributed by atoms with van der Waals surface area (Å²) in [5, 5.41) is 0.438. The van der Waals surface area contributed by atoms with Crippen LogP contribution in [0.1, 0.15) is 41.6 Å². The molecule has 0 bridgehead atoms. The highest BCUT2D eigenvalue weighted by molar-refractivity contribution is 9.10. The minimum absolute atomic E-state index is 0.0588. The van der Waals surface area contributed by atoms with Crippen LogP contribution in [0.4, 0.5) is 5.69 Å². The molecule has 1 amide bonds. The van der Waals surface area contributed by atoms with E-state index in [2.05, 4.69) is 15.9 Å². The van der Waals surface area contributed by atoms with E-state index < -0.39 is 6.04 Å². The lowest BCUT2D eigenvalue weighted by atomic mass is 9.97. The summed E-state index contributed by atoms with van der Waals surface area (Å²) in [7, 11) is 0. The fraction of sp³-hybridized carbons (Fsp3) is 0.185. The quantitative estimate of drug-likeness (QED) is 0.307. The van der Waals surface area contributed by atoms with Gasteiger partial charge in [-0.2, -0.15) is 0 Å². The summed E-state index contributed by atoms with van der Waals surface area (Å²) in [4.78, 5) is 28.9. The number of amides is 1. The fourth-order valence-corrected chi connectivity index (χ4v) is 4.61. The van der Waals surface area contributed by atoms with Crippen molar-refractivity contribution in [2.45, 2.75) is 19.9 Å². The number of para-hydroxylation sites is 1. The number of carbonyl (C=O) groups excluding carboxylic acids is 1. The number of carbonyl (C=O) groups is 1. The average molecular weight is 520 g/mol. The van der Waals surface area contributed by atoms with Crippen molar-refractivity contribution in [2.75, 3.05) is 18.1 Å². The van der Waals surface area contributed by atoms with Gasteiger partial charge < -0.3 is 13.9 Å². The lowest BCUT2D eigenvalue weighted by Gasteiger charge is -2.26. The molecule has 1 unspecified atom stereocenters. The van der Waals surface area contributed by atoms with E-state index >= 15 is 0 Å². The van der Waals surface area contributed by atoms with Gasteiger partial charge in [0.2, 0.25) is 5.76 Å². The molecule has 1 aliphatic heterocycles. The number of nitrogens with zero attached hydrogens (tertiary/aromatic N) is 1. The molecule has 1 aliphatic rings. The number of benzene rings is 3. The van der Waals surface area contributed by atoms with Crippen molar-refractivity contribution in [3.8, 4) is 11.5 Å². The highest BCUT2D eigenvalue weighted by Gasteiger charge is 2.43. The molecule has 0 radical (unpaired) electrons. The Bertz CT molecular complexity index is 1440. The predicted octanol–water partition coefficient (Wildman–Crippen LogP) is 6.10. The summed E-state index contributed by atoms with van der Waals surface area (Å²) in [6.45, 7) is 4.74. The molecule has 3 aromatic carbocycles. The molecule has 6 nitrogen and oxygen atoms in total. The van der Waals surface area contributed by atoms with Crippen molar-refractivity contribution in [1.29, 1.82) is 0 Å². The van der Waals surface area contributed by atoms with Crippen LogP contribution in [0, 0.1) is 0 Å². The van der Waals surface area contributed by atoms with E-state index in [1.807, 2.05) is 56.3 Å². The van der Waals surface area contributed by atoms with E-state index in [1.165, 1.54) is 0 Å². The van der Waals surface area contributed by atoms with Gasteiger partial charge in [-0.1, -0.05) is 34.1 Å². The molecule has 0 saturated heterocycles. The summed E-state index contributed by atoms with van der Waals surface area (Å²) in [5.41, 5.74) is 1.86. The molecule has 4 aromatic rings. The van der Waals surface area contributed by atoms with Crippen LogP contribution in [0.3, 0.4) is 0 Å². The molecular weight excluding hydrogens is 498 g/mol. The van der Waals surface area contributed by atoms with Gasteiger partial charge in [-0.05, 0) is 67.9 Å². The third kappa shape index (κ3) is 3.66. The first kappa shape index (κ1) is 22.2. The Kier molecular flexibility index (Phi) is 5.87. The zero-order valence-corrected chi connectivity index (χ0v) is 20.3. The standard InChI is InChI=1S/C27H22BrNO5/c1-3-32-21-14-9-16(15-22(21)33-4-2)24-23-25(30)19-7-5-6-8-20(19)34-26(23)27(31)29(24)18-12-10-17(28)11-13-18/h5-15,24H,3-4H2,1-2H3. The number of rotatable bonds is 6. The summed E-state index contributed by atoms with van der Waals surface area (Å²) in [6.07, 6.45) is 0. The summed E-state index contributed by atoms with van der Waals surface area (Å²) in [6, 6.07) is 19.2. The van der Waals surface area contributed by atoms with E-state index in [0.29, 0.717) is 46.9 Å². The monoisotopic (exact) mass is 519 g/mol. The number of halogens is 1. The molecule has 34 heavy (non-hydrogen) atoms. The third-order valence-electron chi connectivity index (χ3n) is 5.77. The third-order valence-corrected chi connectivity index (χ3v) is 6.29. The van der Waals surface area contributed by atoms with Gasteiger partial charge in [0.15, 0.2) is 16.9 Å². The second kappa shape index (κ2) is 8.99.